The molecule has 2 aromatic carbocycles. The van der Waals surface area contributed by atoms with Crippen LogP contribution in [0.5, 0.6) is 17.2 Å². The fourth-order valence-electron chi connectivity index (χ4n) is 2.46. The first-order valence-electron chi connectivity index (χ1n) is 7.61. The monoisotopic (exact) mass is 359 g/mol. The van der Waals surface area contributed by atoms with Crippen molar-refractivity contribution in [3.05, 3.63) is 42.2 Å². The third-order valence-electron chi connectivity index (χ3n) is 3.63. The summed E-state index contributed by atoms with van der Waals surface area (Å²) in [6.45, 7) is 0. The number of halogens is 1. The third kappa shape index (κ3) is 3.18. The number of nitrogens with zero attached hydrogens (tertiary/aromatic N) is 3. The maximum Gasteiger partial charge on any atom is 0.248 e. The zero-order chi connectivity index (χ0) is 18.7. The lowest BCUT2D eigenvalue weighted by molar-refractivity contribution is 0.324. The molecule has 0 bridgehead atoms. The van der Waals surface area contributed by atoms with Gasteiger partial charge < -0.3 is 25.3 Å². The van der Waals surface area contributed by atoms with Gasteiger partial charge in [-0.15, -0.1) is 5.10 Å². The molecule has 3 aromatic rings. The standard InChI is InChI=1S/C17H18FN5O3/c1-24-13-8-10(9-14(25-2)15(13)26-3)20-17-21-16(19)23(22-17)12-7-5-4-6-11(12)18/h4-9H,1-3H3,(H3,19,20,21,22). The smallest absolute Gasteiger partial charge is 0.248 e. The minimum absolute atomic E-state index is 0.0463. The minimum atomic E-state index is -0.455. The van der Waals surface area contributed by atoms with Gasteiger partial charge in [-0.2, -0.15) is 9.67 Å². The highest BCUT2D eigenvalue weighted by atomic mass is 19.1. The number of nitrogens with one attached hydrogen (secondary N) is 1. The molecule has 0 saturated carbocycles. The van der Waals surface area contributed by atoms with Crippen LogP contribution in [0.15, 0.2) is 36.4 Å². The van der Waals surface area contributed by atoms with E-state index in [4.69, 9.17) is 19.9 Å². The van der Waals surface area contributed by atoms with Crippen molar-refractivity contribution in [2.24, 2.45) is 0 Å². The summed E-state index contributed by atoms with van der Waals surface area (Å²) in [5, 5.41) is 7.20. The quantitative estimate of drug-likeness (QED) is 0.698. The SMILES string of the molecule is COc1cc(Nc2nc(N)n(-c3ccccc3F)n2)cc(OC)c1OC. The van der Waals surface area contributed by atoms with Gasteiger partial charge >= 0.3 is 0 Å². The number of hydrogen-bond acceptors (Lipinski definition) is 7. The molecule has 1 heterocycles. The molecule has 0 fully saturated rings. The van der Waals surface area contributed by atoms with Gasteiger partial charge in [0.05, 0.1) is 21.3 Å². The van der Waals surface area contributed by atoms with Gasteiger partial charge in [-0.3, -0.25) is 0 Å². The maximum atomic E-state index is 14.0. The molecule has 0 radical (unpaired) electrons. The lowest BCUT2D eigenvalue weighted by atomic mass is 10.2. The highest BCUT2D eigenvalue weighted by Gasteiger charge is 2.16. The molecule has 0 atom stereocenters. The second kappa shape index (κ2) is 7.18. The van der Waals surface area contributed by atoms with Crippen molar-refractivity contribution in [1.29, 1.82) is 0 Å². The summed E-state index contributed by atoms with van der Waals surface area (Å²) < 4.78 is 31.1. The summed E-state index contributed by atoms with van der Waals surface area (Å²) in [6, 6.07) is 9.54. The highest BCUT2D eigenvalue weighted by molar-refractivity contribution is 5.66. The van der Waals surface area contributed by atoms with Crippen molar-refractivity contribution >= 4 is 17.6 Å². The topological polar surface area (TPSA) is 96.5 Å². The number of methoxy groups -OCH3 is 3. The van der Waals surface area contributed by atoms with E-state index in [9.17, 15) is 4.39 Å². The van der Waals surface area contributed by atoms with Gasteiger partial charge in [-0.1, -0.05) is 12.1 Å². The van der Waals surface area contributed by atoms with Gasteiger partial charge in [0.25, 0.3) is 0 Å². The predicted octanol–water partition coefficient (Wildman–Crippen LogP) is 2.76. The summed E-state index contributed by atoms with van der Waals surface area (Å²) in [7, 11) is 4.56. The number of hydrogen-bond donors (Lipinski definition) is 2. The van der Waals surface area contributed by atoms with E-state index in [0.29, 0.717) is 22.9 Å². The highest BCUT2D eigenvalue weighted by Crippen LogP contribution is 2.40. The molecule has 0 aliphatic heterocycles. The van der Waals surface area contributed by atoms with E-state index in [1.807, 2.05) is 0 Å². The van der Waals surface area contributed by atoms with Crippen LogP contribution in [0.2, 0.25) is 0 Å². The van der Waals surface area contributed by atoms with Crippen LogP contribution in [0.1, 0.15) is 0 Å². The Morgan fingerprint density at radius 3 is 2.27 bits per heavy atom. The lowest BCUT2D eigenvalue weighted by Crippen LogP contribution is -2.04. The van der Waals surface area contributed by atoms with Crippen molar-refractivity contribution in [2.45, 2.75) is 0 Å². The van der Waals surface area contributed by atoms with Gasteiger partial charge in [-0.25, -0.2) is 4.39 Å². The number of ether oxygens (including phenoxy) is 3. The van der Waals surface area contributed by atoms with Crippen molar-refractivity contribution in [1.82, 2.24) is 14.8 Å². The van der Waals surface area contributed by atoms with E-state index in [0.717, 1.165) is 0 Å². The lowest BCUT2D eigenvalue weighted by Gasteiger charge is -2.14. The van der Waals surface area contributed by atoms with Crippen LogP contribution in [-0.4, -0.2) is 36.1 Å². The Morgan fingerprint density at radius 2 is 1.69 bits per heavy atom. The van der Waals surface area contributed by atoms with Crippen LogP contribution >= 0.6 is 0 Å². The molecule has 8 nitrogen and oxygen atoms in total. The average molecular weight is 359 g/mol. The van der Waals surface area contributed by atoms with Crippen LogP contribution in [0, 0.1) is 5.82 Å². The molecule has 0 amide bonds. The molecule has 26 heavy (non-hydrogen) atoms. The number of para-hydroxylation sites is 1. The molecule has 136 valence electrons. The molecule has 3 rings (SSSR count). The maximum absolute atomic E-state index is 14.0. The van der Waals surface area contributed by atoms with Gasteiger partial charge in [0, 0.05) is 17.8 Å². The van der Waals surface area contributed by atoms with Crippen LogP contribution in [-0.2, 0) is 0 Å². The minimum Gasteiger partial charge on any atom is -0.493 e. The molecular formula is C17H18FN5O3. The zero-order valence-corrected chi connectivity index (χ0v) is 14.5. The van der Waals surface area contributed by atoms with Crippen LogP contribution < -0.4 is 25.3 Å². The van der Waals surface area contributed by atoms with Gasteiger partial charge in [-0.05, 0) is 12.1 Å². The molecule has 0 saturated heterocycles. The van der Waals surface area contributed by atoms with E-state index in [2.05, 4.69) is 15.4 Å². The molecule has 1 aromatic heterocycles. The fraction of sp³-hybridized carbons (Fsp3) is 0.176. The Bertz CT molecular complexity index is 904. The Labute approximate surface area is 149 Å². The van der Waals surface area contributed by atoms with Crippen molar-refractivity contribution < 1.29 is 18.6 Å². The predicted molar refractivity (Wildman–Crippen MR) is 95.1 cm³/mol. The first-order valence-corrected chi connectivity index (χ1v) is 7.61. The summed E-state index contributed by atoms with van der Waals surface area (Å²) in [4.78, 5) is 4.12. The molecule has 3 N–H and O–H groups in total. The fourth-order valence-corrected chi connectivity index (χ4v) is 2.46. The van der Waals surface area contributed by atoms with E-state index in [1.165, 1.54) is 32.1 Å². The van der Waals surface area contributed by atoms with Gasteiger partial charge in [0.2, 0.25) is 17.6 Å². The molecule has 9 heteroatoms. The average Bonchev–Trinajstić information content (AvgIpc) is 3.01. The second-order valence-electron chi connectivity index (χ2n) is 5.20. The second-order valence-corrected chi connectivity index (χ2v) is 5.20. The van der Waals surface area contributed by atoms with Crippen molar-refractivity contribution in [2.75, 3.05) is 32.4 Å². The molecule has 0 aliphatic rings. The van der Waals surface area contributed by atoms with Crippen LogP contribution in [0.4, 0.5) is 22.0 Å². The van der Waals surface area contributed by atoms with E-state index in [-0.39, 0.29) is 17.6 Å². The van der Waals surface area contributed by atoms with Crippen LogP contribution in [0.3, 0.4) is 0 Å². The number of rotatable bonds is 6. The largest absolute Gasteiger partial charge is 0.493 e. The summed E-state index contributed by atoms with van der Waals surface area (Å²) in [5.74, 6) is 1.19. The first kappa shape index (κ1) is 17.3. The number of nitrogen functional groups attached to an aromatic ring is 1. The normalized spacial score (nSPS) is 10.5. The summed E-state index contributed by atoms with van der Waals surface area (Å²) in [5.41, 5.74) is 6.66. The Morgan fingerprint density at radius 1 is 1.04 bits per heavy atom. The number of nitrogens with two attached hydrogens (primary N) is 1. The van der Waals surface area contributed by atoms with Gasteiger partial charge in [0.1, 0.15) is 11.5 Å². The van der Waals surface area contributed by atoms with Crippen molar-refractivity contribution in [3.63, 3.8) is 0 Å². The van der Waals surface area contributed by atoms with Crippen molar-refractivity contribution in [3.8, 4) is 22.9 Å². The third-order valence-corrected chi connectivity index (χ3v) is 3.63. The first-order chi connectivity index (χ1) is 12.6. The molecule has 0 aliphatic carbocycles. The molecule has 0 unspecified atom stereocenters. The van der Waals surface area contributed by atoms with E-state index >= 15 is 0 Å². The Balaban J connectivity index is 1.95. The van der Waals surface area contributed by atoms with E-state index in [1.54, 1.807) is 30.3 Å². The summed E-state index contributed by atoms with van der Waals surface area (Å²) in [6.07, 6.45) is 0. The summed E-state index contributed by atoms with van der Waals surface area (Å²) >= 11 is 0. The number of anilines is 3. The Hall–Kier alpha value is -3.49. The number of benzene rings is 2. The van der Waals surface area contributed by atoms with Gasteiger partial charge in [0.15, 0.2) is 11.5 Å². The molecule has 0 spiro atoms. The zero-order valence-electron chi connectivity index (χ0n) is 14.5. The number of aromatic nitrogens is 3. The Kier molecular flexibility index (Phi) is 4.78. The van der Waals surface area contributed by atoms with E-state index < -0.39 is 5.82 Å². The molecular weight excluding hydrogens is 341 g/mol. The van der Waals surface area contributed by atoms with Crippen LogP contribution in [0.25, 0.3) is 5.69 Å².